The predicted octanol–water partition coefficient (Wildman–Crippen LogP) is 11.3. The van der Waals surface area contributed by atoms with Crippen molar-refractivity contribution in [3.63, 3.8) is 0 Å². The van der Waals surface area contributed by atoms with Gasteiger partial charge in [0.15, 0.2) is 0 Å². The maximum absolute atomic E-state index is 9.29. The topological polar surface area (TPSA) is 28.1 Å². The monoisotopic (exact) mass is 570 g/mol. The fourth-order valence-corrected chi connectivity index (χ4v) is 9.36. The van der Waals surface area contributed by atoms with Gasteiger partial charge in [0, 0.05) is 46.6 Å². The zero-order valence-corrected chi connectivity index (χ0v) is 24.9. The molecule has 1 aromatic carbocycles. The highest BCUT2D eigenvalue weighted by Gasteiger charge is 2.15. The zero-order chi connectivity index (χ0) is 26.3. The molecule has 38 heavy (non-hydrogen) atoms. The van der Waals surface area contributed by atoms with Gasteiger partial charge in [-0.2, -0.15) is 16.6 Å². The van der Waals surface area contributed by atoms with Crippen LogP contribution >= 0.6 is 45.3 Å². The van der Waals surface area contributed by atoms with Gasteiger partial charge < -0.3 is 0 Å². The highest BCUT2D eigenvalue weighted by atomic mass is 32.1. The Bertz CT molecular complexity index is 1550. The van der Waals surface area contributed by atoms with Crippen LogP contribution < -0.4 is 0 Å². The second-order valence-electron chi connectivity index (χ2n) is 9.62. The maximum atomic E-state index is 9.29. The summed E-state index contributed by atoms with van der Waals surface area (Å²) in [5.74, 6) is 0. The summed E-state index contributed by atoms with van der Waals surface area (Å²) in [5.41, 5.74) is 4.19. The SMILES string of the molecule is [C-]#[N+]c1cc(-c2ccc(CCCCCCCC)cc2)sc1Cc1cc2sc(Cc3sccc3C#N)cc2s1. The zero-order valence-electron chi connectivity index (χ0n) is 21.6. The van der Waals surface area contributed by atoms with E-state index in [-0.39, 0.29) is 0 Å². The molecule has 0 aliphatic carbocycles. The fraction of sp³-hybridized carbons (Fsp3) is 0.312. The average molecular weight is 571 g/mol. The van der Waals surface area contributed by atoms with Crippen LogP contribution in [0.25, 0.3) is 24.7 Å². The van der Waals surface area contributed by atoms with E-state index in [0.717, 1.165) is 40.3 Å². The Labute approximate surface area is 241 Å². The van der Waals surface area contributed by atoms with E-state index in [9.17, 15) is 5.26 Å². The molecule has 2 nitrogen and oxygen atoms in total. The van der Waals surface area contributed by atoms with Crippen LogP contribution in [-0.4, -0.2) is 0 Å². The lowest BCUT2D eigenvalue weighted by Gasteiger charge is -2.04. The third kappa shape index (κ3) is 6.45. The van der Waals surface area contributed by atoms with Crippen LogP contribution in [0.4, 0.5) is 5.69 Å². The van der Waals surface area contributed by atoms with Gasteiger partial charge in [-0.25, -0.2) is 4.85 Å². The average Bonchev–Trinajstić information content (AvgIpc) is 3.71. The molecule has 0 atom stereocenters. The quantitative estimate of drug-likeness (QED) is 0.108. The molecule has 4 aromatic heterocycles. The first kappa shape index (κ1) is 26.9. The van der Waals surface area contributed by atoms with Gasteiger partial charge in [0.1, 0.15) is 6.07 Å². The highest BCUT2D eigenvalue weighted by Crippen LogP contribution is 2.41. The van der Waals surface area contributed by atoms with Crippen molar-refractivity contribution in [2.24, 2.45) is 0 Å². The standard InChI is InChI=1S/C32H30N2S4/c1-3-4-5-6-7-8-9-22-10-12-23(13-11-22)29-20-27(34-2)30(38-29)17-26-19-32-31(37-26)18-25(36-32)16-28-24(21-33)14-15-35-28/h10-15,18-20H,3-9,16-17H2,1H3. The summed E-state index contributed by atoms with van der Waals surface area (Å²) in [6.07, 6.45) is 10.8. The third-order valence-corrected chi connectivity index (χ3v) is 11.2. The molecule has 6 heteroatoms. The van der Waals surface area contributed by atoms with Gasteiger partial charge in [-0.15, -0.1) is 34.0 Å². The van der Waals surface area contributed by atoms with Gasteiger partial charge in [-0.05, 0) is 53.6 Å². The van der Waals surface area contributed by atoms with Crippen LogP contribution in [-0.2, 0) is 19.3 Å². The van der Waals surface area contributed by atoms with Crippen molar-refractivity contribution in [2.45, 2.75) is 64.7 Å². The second-order valence-corrected chi connectivity index (χ2v) is 14.1. The van der Waals surface area contributed by atoms with Crippen molar-refractivity contribution in [3.05, 3.63) is 96.0 Å². The normalized spacial score (nSPS) is 11.1. The van der Waals surface area contributed by atoms with Crippen molar-refractivity contribution >= 4 is 60.4 Å². The van der Waals surface area contributed by atoms with Crippen molar-refractivity contribution in [1.29, 1.82) is 5.26 Å². The lowest BCUT2D eigenvalue weighted by Crippen LogP contribution is -1.86. The van der Waals surface area contributed by atoms with E-state index in [2.05, 4.69) is 60.3 Å². The minimum absolute atomic E-state index is 0.778. The summed E-state index contributed by atoms with van der Waals surface area (Å²) in [6.45, 7) is 10.0. The van der Waals surface area contributed by atoms with Crippen molar-refractivity contribution in [3.8, 4) is 16.5 Å². The number of nitrogens with zero attached hydrogens (tertiary/aromatic N) is 2. The van der Waals surface area contributed by atoms with Crippen LogP contribution in [0.1, 0.15) is 76.1 Å². The summed E-state index contributed by atoms with van der Waals surface area (Å²) in [4.78, 5) is 9.94. The molecule has 0 saturated heterocycles. The Kier molecular flexibility index (Phi) is 9.10. The van der Waals surface area contributed by atoms with Crippen molar-refractivity contribution in [2.75, 3.05) is 0 Å². The molecule has 5 aromatic rings. The fourth-order valence-electron chi connectivity index (χ4n) is 4.73. The van der Waals surface area contributed by atoms with E-state index in [1.807, 2.05) is 34.1 Å². The molecular formula is C32H30N2S4. The number of aryl methyl sites for hydroxylation is 1. The number of fused-ring (bicyclic) bond motifs is 1. The van der Waals surface area contributed by atoms with E-state index in [0.29, 0.717) is 0 Å². The molecule has 5 rings (SSSR count). The molecule has 0 spiro atoms. The number of benzene rings is 1. The van der Waals surface area contributed by atoms with E-state index in [1.54, 1.807) is 22.7 Å². The highest BCUT2D eigenvalue weighted by molar-refractivity contribution is 7.28. The van der Waals surface area contributed by atoms with Crippen LogP contribution in [0.3, 0.4) is 0 Å². The Hall–Kier alpha value is -2.74. The van der Waals surface area contributed by atoms with E-state index in [1.165, 1.54) is 73.7 Å². The Morgan fingerprint density at radius 1 is 0.816 bits per heavy atom. The first-order chi connectivity index (χ1) is 18.7. The molecule has 0 amide bonds. The number of hydrogen-bond donors (Lipinski definition) is 0. The Morgan fingerprint density at radius 3 is 2.18 bits per heavy atom. The lowest BCUT2D eigenvalue weighted by molar-refractivity contribution is 0.607. The van der Waals surface area contributed by atoms with E-state index < -0.39 is 0 Å². The van der Waals surface area contributed by atoms with Gasteiger partial charge in [-0.1, -0.05) is 63.3 Å². The molecule has 0 saturated carbocycles. The van der Waals surface area contributed by atoms with Crippen LogP contribution in [0, 0.1) is 17.9 Å². The minimum Gasteiger partial charge on any atom is -0.237 e. The lowest BCUT2D eigenvalue weighted by atomic mass is 10.0. The van der Waals surface area contributed by atoms with Crippen LogP contribution in [0.15, 0.2) is 53.9 Å². The van der Waals surface area contributed by atoms with Crippen molar-refractivity contribution < 1.29 is 0 Å². The number of unbranched alkanes of at least 4 members (excludes halogenated alkanes) is 5. The van der Waals surface area contributed by atoms with Gasteiger partial charge >= 0.3 is 0 Å². The second kappa shape index (κ2) is 12.9. The summed E-state index contributed by atoms with van der Waals surface area (Å²) < 4.78 is 2.61. The smallest absolute Gasteiger partial charge is 0.201 e. The van der Waals surface area contributed by atoms with Crippen LogP contribution in [0.5, 0.6) is 0 Å². The van der Waals surface area contributed by atoms with E-state index >= 15 is 0 Å². The summed E-state index contributed by atoms with van der Waals surface area (Å²) in [5, 5.41) is 11.3. The molecule has 0 aliphatic rings. The summed E-state index contributed by atoms with van der Waals surface area (Å²) in [6, 6.07) is 19.8. The number of rotatable bonds is 12. The summed E-state index contributed by atoms with van der Waals surface area (Å²) in [7, 11) is 0. The van der Waals surface area contributed by atoms with E-state index in [4.69, 9.17) is 6.57 Å². The maximum Gasteiger partial charge on any atom is 0.201 e. The minimum atomic E-state index is 0.778. The molecule has 4 heterocycles. The van der Waals surface area contributed by atoms with Gasteiger partial charge in [0.05, 0.1) is 12.1 Å². The predicted molar refractivity (Wildman–Crippen MR) is 167 cm³/mol. The first-order valence-corrected chi connectivity index (χ1v) is 16.6. The third-order valence-electron chi connectivity index (χ3n) is 6.81. The largest absolute Gasteiger partial charge is 0.237 e. The molecule has 192 valence electrons. The van der Waals surface area contributed by atoms with Crippen LogP contribution in [0.2, 0.25) is 0 Å². The molecule has 0 bridgehead atoms. The van der Waals surface area contributed by atoms with Gasteiger partial charge in [0.25, 0.3) is 0 Å². The first-order valence-electron chi connectivity index (χ1n) is 13.2. The summed E-state index contributed by atoms with van der Waals surface area (Å²) >= 11 is 7.06. The number of thiophene rings is 4. The van der Waals surface area contributed by atoms with Crippen molar-refractivity contribution in [1.82, 2.24) is 0 Å². The molecule has 0 aliphatic heterocycles. The molecule has 0 N–H and O–H groups in total. The molecular weight excluding hydrogens is 541 g/mol. The van der Waals surface area contributed by atoms with Gasteiger partial charge in [0.2, 0.25) is 5.69 Å². The van der Waals surface area contributed by atoms with Gasteiger partial charge in [-0.3, -0.25) is 0 Å². The number of nitriles is 1. The number of hydrogen-bond acceptors (Lipinski definition) is 5. The Morgan fingerprint density at radius 2 is 1.50 bits per heavy atom. The molecule has 0 radical (unpaired) electrons. The molecule has 0 unspecified atom stereocenters. The molecule has 0 fully saturated rings. The Balaban J connectivity index is 1.23.